The largest absolute Gasteiger partial charge is 0.492 e. The van der Waals surface area contributed by atoms with Crippen molar-refractivity contribution in [3.63, 3.8) is 0 Å². The number of H-pyrrole nitrogens is 1. The molecule has 1 aromatic heterocycles. The molecule has 2 heterocycles. The van der Waals surface area contributed by atoms with Crippen molar-refractivity contribution in [2.45, 2.75) is 20.4 Å². The van der Waals surface area contributed by atoms with Gasteiger partial charge >= 0.3 is 0 Å². The van der Waals surface area contributed by atoms with E-state index in [1.165, 1.54) is 11.1 Å². The summed E-state index contributed by atoms with van der Waals surface area (Å²) >= 11 is 0. The Morgan fingerprint density at radius 3 is 2.83 bits per heavy atom. The summed E-state index contributed by atoms with van der Waals surface area (Å²) in [5, 5.41) is 4.08. The average molecular weight is 408 g/mol. The molecule has 6 nitrogen and oxygen atoms in total. The number of benzene rings is 2. The van der Waals surface area contributed by atoms with Crippen LogP contribution in [-0.2, 0) is 11.3 Å². The van der Waals surface area contributed by atoms with E-state index < -0.39 is 0 Å². The second kappa shape index (κ2) is 9.32. The minimum Gasteiger partial charge on any atom is -0.492 e. The van der Waals surface area contributed by atoms with Crippen LogP contribution in [0.4, 0.5) is 0 Å². The van der Waals surface area contributed by atoms with Crippen LogP contribution in [0.25, 0.3) is 10.9 Å². The fourth-order valence-corrected chi connectivity index (χ4v) is 3.86. The number of aromatic nitrogens is 1. The summed E-state index contributed by atoms with van der Waals surface area (Å²) in [7, 11) is 0. The molecule has 6 heteroatoms. The Morgan fingerprint density at radius 1 is 1.17 bits per heavy atom. The third-order valence-corrected chi connectivity index (χ3v) is 5.47. The number of hydrogen-bond acceptors (Lipinski definition) is 4. The van der Waals surface area contributed by atoms with Crippen LogP contribution in [-0.4, -0.2) is 55.2 Å². The van der Waals surface area contributed by atoms with Crippen LogP contribution in [0.3, 0.4) is 0 Å². The SMILES string of the molecule is Cc1cc(C)c2cc(C(=O)NCc3cccc(OCCN4CCOCC4)c3)[nH]c2c1. The minimum atomic E-state index is -0.109. The van der Waals surface area contributed by atoms with Crippen molar-refractivity contribution in [1.29, 1.82) is 0 Å². The fraction of sp³-hybridized carbons (Fsp3) is 0.375. The molecule has 0 atom stereocenters. The number of carbonyl (C=O) groups excluding carboxylic acids is 1. The molecule has 1 amide bonds. The highest BCUT2D eigenvalue weighted by atomic mass is 16.5. The topological polar surface area (TPSA) is 66.6 Å². The standard InChI is InChI=1S/C24H29N3O3/c1-17-12-18(2)21-15-23(26-22(21)13-17)24(28)25-16-19-4-3-5-20(14-19)30-11-8-27-6-9-29-10-7-27/h3-5,12-15,26H,6-11,16H2,1-2H3,(H,25,28). The fourth-order valence-electron chi connectivity index (χ4n) is 3.86. The molecule has 2 N–H and O–H groups in total. The minimum absolute atomic E-state index is 0.109. The van der Waals surface area contributed by atoms with Crippen LogP contribution in [0.2, 0.25) is 0 Å². The smallest absolute Gasteiger partial charge is 0.267 e. The van der Waals surface area contributed by atoms with Gasteiger partial charge in [0.2, 0.25) is 0 Å². The van der Waals surface area contributed by atoms with Crippen LogP contribution in [0.1, 0.15) is 27.2 Å². The van der Waals surface area contributed by atoms with Gasteiger partial charge in [-0.25, -0.2) is 0 Å². The predicted octanol–water partition coefficient (Wildman–Crippen LogP) is 3.43. The summed E-state index contributed by atoms with van der Waals surface area (Å²) in [6, 6.07) is 14.0. The maximum absolute atomic E-state index is 12.6. The number of carbonyl (C=O) groups is 1. The third kappa shape index (κ3) is 5.01. The van der Waals surface area contributed by atoms with Gasteiger partial charge in [-0.3, -0.25) is 9.69 Å². The van der Waals surface area contributed by atoms with Gasteiger partial charge in [-0.1, -0.05) is 18.2 Å². The molecule has 0 radical (unpaired) electrons. The molecular weight excluding hydrogens is 378 g/mol. The Kier molecular flexibility index (Phi) is 6.35. The summed E-state index contributed by atoms with van der Waals surface area (Å²) in [5.41, 5.74) is 4.93. The Hall–Kier alpha value is -2.83. The Bertz CT molecular complexity index is 1020. The van der Waals surface area contributed by atoms with E-state index in [4.69, 9.17) is 9.47 Å². The molecule has 2 aromatic carbocycles. The molecule has 1 saturated heterocycles. The lowest BCUT2D eigenvalue weighted by Crippen LogP contribution is -2.38. The monoisotopic (exact) mass is 407 g/mol. The number of ether oxygens (including phenoxy) is 2. The number of hydrogen-bond donors (Lipinski definition) is 2. The molecule has 0 spiro atoms. The van der Waals surface area contributed by atoms with Gasteiger partial charge in [0.1, 0.15) is 18.1 Å². The third-order valence-electron chi connectivity index (χ3n) is 5.47. The molecular formula is C24H29N3O3. The molecule has 3 aromatic rings. The molecule has 0 saturated carbocycles. The first-order valence-electron chi connectivity index (χ1n) is 10.5. The quantitative estimate of drug-likeness (QED) is 0.630. The lowest BCUT2D eigenvalue weighted by atomic mass is 10.1. The molecule has 0 aliphatic carbocycles. The number of rotatable bonds is 7. The Balaban J connectivity index is 1.31. The van der Waals surface area contributed by atoms with E-state index >= 15 is 0 Å². The van der Waals surface area contributed by atoms with E-state index in [2.05, 4.69) is 41.2 Å². The zero-order valence-corrected chi connectivity index (χ0v) is 17.7. The summed E-state index contributed by atoms with van der Waals surface area (Å²) < 4.78 is 11.3. The van der Waals surface area contributed by atoms with Crippen molar-refractivity contribution < 1.29 is 14.3 Å². The first-order chi connectivity index (χ1) is 14.6. The van der Waals surface area contributed by atoms with Gasteiger partial charge in [-0.15, -0.1) is 0 Å². The number of aromatic amines is 1. The molecule has 158 valence electrons. The molecule has 1 aliphatic heterocycles. The van der Waals surface area contributed by atoms with Crippen LogP contribution < -0.4 is 10.1 Å². The first kappa shape index (κ1) is 20.4. The molecule has 0 unspecified atom stereocenters. The van der Waals surface area contributed by atoms with Gasteiger partial charge in [0.05, 0.1) is 13.2 Å². The van der Waals surface area contributed by atoms with Crippen LogP contribution >= 0.6 is 0 Å². The first-order valence-corrected chi connectivity index (χ1v) is 10.5. The van der Waals surface area contributed by atoms with Gasteiger partial charge < -0.3 is 19.8 Å². The van der Waals surface area contributed by atoms with Crippen molar-refractivity contribution in [2.75, 3.05) is 39.5 Å². The average Bonchev–Trinajstić information content (AvgIpc) is 3.18. The Morgan fingerprint density at radius 2 is 2.00 bits per heavy atom. The van der Waals surface area contributed by atoms with Crippen LogP contribution in [0.15, 0.2) is 42.5 Å². The van der Waals surface area contributed by atoms with Gasteiger partial charge in [0.15, 0.2) is 0 Å². The number of morpholine rings is 1. The number of nitrogens with zero attached hydrogens (tertiary/aromatic N) is 1. The number of amides is 1. The van der Waals surface area contributed by atoms with Gasteiger partial charge in [-0.05, 0) is 54.8 Å². The summed E-state index contributed by atoms with van der Waals surface area (Å²) in [5.74, 6) is 0.716. The molecule has 4 rings (SSSR count). The van der Waals surface area contributed by atoms with Crippen LogP contribution in [0, 0.1) is 13.8 Å². The van der Waals surface area contributed by atoms with E-state index in [-0.39, 0.29) is 5.91 Å². The second-order valence-electron chi connectivity index (χ2n) is 7.86. The van der Waals surface area contributed by atoms with Crippen molar-refractivity contribution in [2.24, 2.45) is 0 Å². The molecule has 0 bridgehead atoms. The maximum atomic E-state index is 12.6. The molecule has 30 heavy (non-hydrogen) atoms. The summed E-state index contributed by atoms with van der Waals surface area (Å²) in [6.45, 7) is 9.62. The maximum Gasteiger partial charge on any atom is 0.267 e. The van der Waals surface area contributed by atoms with Gasteiger partial charge in [-0.2, -0.15) is 0 Å². The molecule has 1 aliphatic rings. The summed E-state index contributed by atoms with van der Waals surface area (Å²) in [4.78, 5) is 18.2. The van der Waals surface area contributed by atoms with E-state index in [0.717, 1.165) is 55.1 Å². The zero-order valence-electron chi connectivity index (χ0n) is 17.7. The zero-order chi connectivity index (χ0) is 20.9. The van der Waals surface area contributed by atoms with E-state index in [1.54, 1.807) is 0 Å². The number of fused-ring (bicyclic) bond motifs is 1. The van der Waals surface area contributed by atoms with Crippen molar-refractivity contribution >= 4 is 16.8 Å². The number of aryl methyl sites for hydroxylation is 2. The molecule has 1 fully saturated rings. The highest BCUT2D eigenvalue weighted by Gasteiger charge is 2.12. The van der Waals surface area contributed by atoms with Crippen LogP contribution in [0.5, 0.6) is 5.75 Å². The lowest BCUT2D eigenvalue weighted by molar-refractivity contribution is 0.0322. The Labute approximate surface area is 177 Å². The second-order valence-corrected chi connectivity index (χ2v) is 7.86. The highest BCUT2D eigenvalue weighted by molar-refractivity contribution is 5.98. The van der Waals surface area contributed by atoms with Crippen molar-refractivity contribution in [1.82, 2.24) is 15.2 Å². The van der Waals surface area contributed by atoms with Gasteiger partial charge in [0, 0.05) is 37.1 Å². The van der Waals surface area contributed by atoms with Crippen molar-refractivity contribution in [3.8, 4) is 5.75 Å². The van der Waals surface area contributed by atoms with Gasteiger partial charge in [0.25, 0.3) is 5.91 Å². The predicted molar refractivity (Wildman–Crippen MR) is 118 cm³/mol. The van der Waals surface area contributed by atoms with E-state index in [9.17, 15) is 4.79 Å². The highest BCUT2D eigenvalue weighted by Crippen LogP contribution is 2.21. The summed E-state index contributed by atoms with van der Waals surface area (Å²) in [6.07, 6.45) is 0. The van der Waals surface area contributed by atoms with E-state index in [1.807, 2.05) is 30.3 Å². The number of nitrogens with one attached hydrogen (secondary N) is 2. The van der Waals surface area contributed by atoms with Crippen molar-refractivity contribution in [3.05, 3.63) is 64.8 Å². The van der Waals surface area contributed by atoms with E-state index in [0.29, 0.717) is 18.8 Å². The lowest BCUT2D eigenvalue weighted by Gasteiger charge is -2.26. The normalized spacial score (nSPS) is 14.7.